The highest BCUT2D eigenvalue weighted by Crippen LogP contribution is 2.15. The zero-order valence-electron chi connectivity index (χ0n) is 13.5. The standard InChI is InChI=1S/C18H22N2OS2/c1-14-4-3-5-15(12-14)13-23-11-10-19-18(22)20-16-6-8-17(21-2)9-7-16/h3-9,12H,10-11,13H2,1-2H3,(H2,19,20,22). The van der Waals surface area contributed by atoms with Gasteiger partial charge < -0.3 is 15.4 Å². The Hall–Kier alpha value is -1.72. The number of thioether (sulfide) groups is 1. The molecule has 2 aromatic rings. The second kappa shape index (κ2) is 9.43. The van der Waals surface area contributed by atoms with Crippen LogP contribution in [0.5, 0.6) is 5.75 Å². The maximum atomic E-state index is 5.29. The molecule has 3 nitrogen and oxygen atoms in total. The summed E-state index contributed by atoms with van der Waals surface area (Å²) in [5.74, 6) is 2.88. The summed E-state index contributed by atoms with van der Waals surface area (Å²) in [4.78, 5) is 0. The van der Waals surface area contributed by atoms with E-state index in [2.05, 4.69) is 41.8 Å². The van der Waals surface area contributed by atoms with Gasteiger partial charge in [0.05, 0.1) is 7.11 Å². The summed E-state index contributed by atoms with van der Waals surface area (Å²) in [6, 6.07) is 16.3. The van der Waals surface area contributed by atoms with Crippen molar-refractivity contribution in [2.45, 2.75) is 12.7 Å². The molecule has 122 valence electrons. The first-order valence-corrected chi connectivity index (χ1v) is 9.06. The SMILES string of the molecule is COc1ccc(NC(=S)NCCSCc2cccc(C)c2)cc1. The Morgan fingerprint density at radius 2 is 1.96 bits per heavy atom. The molecule has 0 saturated carbocycles. The van der Waals surface area contributed by atoms with Crippen LogP contribution < -0.4 is 15.4 Å². The number of anilines is 1. The molecule has 0 radical (unpaired) electrons. The van der Waals surface area contributed by atoms with Crippen molar-refractivity contribution in [1.82, 2.24) is 5.32 Å². The molecule has 0 aliphatic carbocycles. The van der Waals surface area contributed by atoms with Crippen LogP contribution in [0.3, 0.4) is 0 Å². The number of hydrogen-bond acceptors (Lipinski definition) is 3. The summed E-state index contributed by atoms with van der Waals surface area (Å²) in [6.45, 7) is 2.97. The van der Waals surface area contributed by atoms with Gasteiger partial charge in [0.2, 0.25) is 0 Å². The zero-order valence-corrected chi connectivity index (χ0v) is 15.1. The van der Waals surface area contributed by atoms with E-state index in [9.17, 15) is 0 Å². The Morgan fingerprint density at radius 3 is 2.65 bits per heavy atom. The molecule has 0 heterocycles. The molecule has 0 amide bonds. The summed E-state index contributed by atoms with van der Waals surface area (Å²) in [6.07, 6.45) is 0. The van der Waals surface area contributed by atoms with Crippen molar-refractivity contribution >= 4 is 34.8 Å². The van der Waals surface area contributed by atoms with Gasteiger partial charge in [0, 0.05) is 23.7 Å². The fourth-order valence-electron chi connectivity index (χ4n) is 2.08. The first kappa shape index (κ1) is 17.6. The number of nitrogens with one attached hydrogen (secondary N) is 2. The van der Waals surface area contributed by atoms with Crippen molar-refractivity contribution in [3.05, 3.63) is 59.7 Å². The van der Waals surface area contributed by atoms with Crippen LogP contribution in [0, 0.1) is 6.92 Å². The van der Waals surface area contributed by atoms with Crippen molar-refractivity contribution in [2.75, 3.05) is 24.7 Å². The Kier molecular flexibility index (Phi) is 7.23. The molecule has 2 rings (SSSR count). The average Bonchev–Trinajstić information content (AvgIpc) is 2.55. The Balaban J connectivity index is 1.62. The number of thiocarbonyl (C=S) groups is 1. The van der Waals surface area contributed by atoms with E-state index in [1.807, 2.05) is 36.0 Å². The van der Waals surface area contributed by atoms with Crippen LogP contribution in [-0.4, -0.2) is 24.5 Å². The Morgan fingerprint density at radius 1 is 1.17 bits per heavy atom. The second-order valence-corrected chi connectivity index (χ2v) is 6.66. The molecule has 0 bridgehead atoms. The molecule has 2 N–H and O–H groups in total. The third kappa shape index (κ3) is 6.50. The summed E-state index contributed by atoms with van der Waals surface area (Å²) in [5.41, 5.74) is 3.63. The molecular weight excluding hydrogens is 324 g/mol. The normalized spacial score (nSPS) is 10.2. The molecule has 0 unspecified atom stereocenters. The van der Waals surface area contributed by atoms with E-state index in [4.69, 9.17) is 17.0 Å². The molecule has 0 fully saturated rings. The summed E-state index contributed by atoms with van der Waals surface area (Å²) >= 11 is 7.20. The second-order valence-electron chi connectivity index (χ2n) is 5.15. The lowest BCUT2D eigenvalue weighted by molar-refractivity contribution is 0.415. The smallest absolute Gasteiger partial charge is 0.170 e. The van der Waals surface area contributed by atoms with E-state index in [0.717, 1.165) is 29.5 Å². The Labute approximate surface area is 147 Å². The van der Waals surface area contributed by atoms with Gasteiger partial charge in [0.1, 0.15) is 5.75 Å². The summed E-state index contributed by atoms with van der Waals surface area (Å²) in [7, 11) is 1.66. The van der Waals surface area contributed by atoms with Gasteiger partial charge in [0.25, 0.3) is 0 Å². The number of methoxy groups -OCH3 is 1. The van der Waals surface area contributed by atoms with Crippen molar-refractivity contribution in [2.24, 2.45) is 0 Å². The number of benzene rings is 2. The van der Waals surface area contributed by atoms with Crippen LogP contribution in [0.4, 0.5) is 5.69 Å². The number of aryl methyl sites for hydroxylation is 1. The monoisotopic (exact) mass is 346 g/mol. The summed E-state index contributed by atoms with van der Waals surface area (Å²) < 4.78 is 5.13. The van der Waals surface area contributed by atoms with Crippen LogP contribution in [0.1, 0.15) is 11.1 Å². The predicted octanol–water partition coefficient (Wildman–Crippen LogP) is 4.22. The van der Waals surface area contributed by atoms with Crippen LogP contribution >= 0.6 is 24.0 Å². The maximum Gasteiger partial charge on any atom is 0.170 e. The predicted molar refractivity (Wildman–Crippen MR) is 105 cm³/mol. The van der Waals surface area contributed by atoms with E-state index < -0.39 is 0 Å². The minimum absolute atomic E-state index is 0.645. The molecule has 0 aliphatic heterocycles. The van der Waals surface area contributed by atoms with Crippen LogP contribution in [0.2, 0.25) is 0 Å². The highest BCUT2D eigenvalue weighted by Gasteiger charge is 1.99. The minimum atomic E-state index is 0.645. The van der Waals surface area contributed by atoms with Gasteiger partial charge in [-0.25, -0.2) is 0 Å². The third-order valence-electron chi connectivity index (χ3n) is 3.23. The van der Waals surface area contributed by atoms with E-state index >= 15 is 0 Å². The van der Waals surface area contributed by atoms with Gasteiger partial charge in [-0.1, -0.05) is 29.8 Å². The van der Waals surface area contributed by atoms with Gasteiger partial charge in [-0.3, -0.25) is 0 Å². The van der Waals surface area contributed by atoms with E-state index in [-0.39, 0.29) is 0 Å². The fraction of sp³-hybridized carbons (Fsp3) is 0.278. The largest absolute Gasteiger partial charge is 0.497 e. The fourth-order valence-corrected chi connectivity index (χ4v) is 3.10. The third-order valence-corrected chi connectivity index (χ3v) is 4.51. The molecular formula is C18H22N2OS2. The topological polar surface area (TPSA) is 33.3 Å². The molecule has 2 aromatic carbocycles. The number of ether oxygens (including phenoxy) is 1. The van der Waals surface area contributed by atoms with Crippen LogP contribution in [0.25, 0.3) is 0 Å². The van der Waals surface area contributed by atoms with E-state index in [0.29, 0.717) is 5.11 Å². The Bertz CT molecular complexity index is 629. The van der Waals surface area contributed by atoms with Crippen LogP contribution in [0.15, 0.2) is 48.5 Å². The van der Waals surface area contributed by atoms with Gasteiger partial charge in [-0.15, -0.1) is 0 Å². The van der Waals surface area contributed by atoms with Gasteiger partial charge >= 0.3 is 0 Å². The lowest BCUT2D eigenvalue weighted by atomic mass is 10.2. The first-order valence-electron chi connectivity index (χ1n) is 7.49. The highest BCUT2D eigenvalue weighted by molar-refractivity contribution is 7.98. The summed E-state index contributed by atoms with van der Waals surface area (Å²) in [5, 5.41) is 7.04. The number of hydrogen-bond donors (Lipinski definition) is 2. The minimum Gasteiger partial charge on any atom is -0.497 e. The quantitative estimate of drug-likeness (QED) is 0.579. The molecule has 0 spiro atoms. The van der Waals surface area contributed by atoms with Crippen molar-refractivity contribution in [3.63, 3.8) is 0 Å². The molecule has 0 saturated heterocycles. The van der Waals surface area contributed by atoms with Gasteiger partial charge in [0.15, 0.2) is 5.11 Å². The van der Waals surface area contributed by atoms with Crippen molar-refractivity contribution in [1.29, 1.82) is 0 Å². The molecule has 0 aromatic heterocycles. The van der Waals surface area contributed by atoms with Crippen molar-refractivity contribution in [3.8, 4) is 5.75 Å². The zero-order chi connectivity index (χ0) is 16.5. The molecule has 0 aliphatic rings. The first-order chi connectivity index (χ1) is 11.2. The average molecular weight is 347 g/mol. The lowest BCUT2D eigenvalue weighted by Crippen LogP contribution is -2.30. The molecule has 23 heavy (non-hydrogen) atoms. The molecule has 0 atom stereocenters. The van der Waals surface area contributed by atoms with E-state index in [1.54, 1.807) is 7.11 Å². The number of rotatable bonds is 7. The maximum absolute atomic E-state index is 5.29. The lowest BCUT2D eigenvalue weighted by Gasteiger charge is -2.11. The molecule has 5 heteroatoms. The van der Waals surface area contributed by atoms with E-state index in [1.165, 1.54) is 11.1 Å². The van der Waals surface area contributed by atoms with Crippen LogP contribution in [-0.2, 0) is 5.75 Å². The van der Waals surface area contributed by atoms with Gasteiger partial charge in [-0.05, 0) is 49.0 Å². The highest BCUT2D eigenvalue weighted by atomic mass is 32.2. The van der Waals surface area contributed by atoms with Gasteiger partial charge in [-0.2, -0.15) is 11.8 Å². The van der Waals surface area contributed by atoms with Crippen molar-refractivity contribution < 1.29 is 4.74 Å².